The number of carbonyl (C=O) groups excluding carboxylic acids is 1. The zero-order valence-corrected chi connectivity index (χ0v) is 17.0. The lowest BCUT2D eigenvalue weighted by Crippen LogP contribution is -2.27. The molecular formula is C17H16BrClFN5O3. The van der Waals surface area contributed by atoms with Gasteiger partial charge in [0, 0.05) is 11.5 Å². The number of imidazole rings is 1. The number of nitrogens with two attached hydrogens (primary N) is 1. The van der Waals surface area contributed by atoms with Gasteiger partial charge in [0.2, 0.25) is 0 Å². The average Bonchev–Trinajstić information content (AvgIpc) is 3.03. The van der Waals surface area contributed by atoms with E-state index in [1.807, 2.05) is 0 Å². The van der Waals surface area contributed by atoms with Crippen LogP contribution >= 0.6 is 27.5 Å². The van der Waals surface area contributed by atoms with Gasteiger partial charge < -0.3 is 14.7 Å². The maximum absolute atomic E-state index is 15.2. The molecule has 0 atom stereocenters. The van der Waals surface area contributed by atoms with Gasteiger partial charge in [0.05, 0.1) is 40.4 Å². The third kappa shape index (κ3) is 4.26. The van der Waals surface area contributed by atoms with Crippen molar-refractivity contribution in [3.63, 3.8) is 0 Å². The Bertz CT molecular complexity index is 1030. The van der Waals surface area contributed by atoms with Crippen molar-refractivity contribution in [3.8, 4) is 0 Å². The minimum absolute atomic E-state index is 0.0150. The highest BCUT2D eigenvalue weighted by Crippen LogP contribution is 2.34. The molecule has 1 amide bonds. The van der Waals surface area contributed by atoms with Crippen LogP contribution in [-0.4, -0.2) is 28.7 Å². The fraction of sp³-hybridized carbons (Fsp3) is 0.176. The van der Waals surface area contributed by atoms with Crippen molar-refractivity contribution in [2.45, 2.75) is 0 Å². The predicted molar refractivity (Wildman–Crippen MR) is 107 cm³/mol. The lowest BCUT2D eigenvalue weighted by atomic mass is 10.1. The van der Waals surface area contributed by atoms with E-state index in [0.717, 1.165) is 4.47 Å². The van der Waals surface area contributed by atoms with E-state index < -0.39 is 11.7 Å². The largest absolute Gasteiger partial charge is 0.351 e. The first kappa shape index (κ1) is 20.5. The lowest BCUT2D eigenvalue weighted by molar-refractivity contribution is -0.000877. The summed E-state index contributed by atoms with van der Waals surface area (Å²) in [6.45, 7) is 0.106. The number of aryl methyl sites for hydroxylation is 1. The number of carbonyl (C=O) groups is 1. The van der Waals surface area contributed by atoms with Crippen molar-refractivity contribution in [2.75, 3.05) is 18.5 Å². The highest BCUT2D eigenvalue weighted by atomic mass is 79.9. The van der Waals surface area contributed by atoms with Gasteiger partial charge in [-0.3, -0.25) is 9.63 Å². The van der Waals surface area contributed by atoms with Crippen molar-refractivity contribution in [1.29, 1.82) is 0 Å². The minimum atomic E-state index is -0.687. The SMILES string of the molecule is Cn1cnc2c(F)c(Nc3ccc(Br)cc3Cl)c(C(=O)NOCCON)cc21. The van der Waals surface area contributed by atoms with Crippen LogP contribution in [0, 0.1) is 5.82 Å². The fourth-order valence-electron chi connectivity index (χ4n) is 2.51. The maximum Gasteiger partial charge on any atom is 0.277 e. The van der Waals surface area contributed by atoms with Gasteiger partial charge in [-0.2, -0.15) is 0 Å². The van der Waals surface area contributed by atoms with Gasteiger partial charge in [-0.25, -0.2) is 20.8 Å². The van der Waals surface area contributed by atoms with Crippen LogP contribution in [0.4, 0.5) is 15.8 Å². The Labute approximate surface area is 172 Å². The fourth-order valence-corrected chi connectivity index (χ4v) is 3.23. The van der Waals surface area contributed by atoms with E-state index in [4.69, 9.17) is 22.3 Å². The zero-order valence-electron chi connectivity index (χ0n) is 14.6. The zero-order chi connectivity index (χ0) is 20.3. The van der Waals surface area contributed by atoms with Crippen LogP contribution in [0.3, 0.4) is 0 Å². The third-order valence-corrected chi connectivity index (χ3v) is 4.67. The summed E-state index contributed by atoms with van der Waals surface area (Å²) >= 11 is 9.53. The van der Waals surface area contributed by atoms with Crippen molar-refractivity contribution < 1.29 is 18.9 Å². The summed E-state index contributed by atoms with van der Waals surface area (Å²) in [6.07, 6.45) is 1.46. The van der Waals surface area contributed by atoms with E-state index in [2.05, 4.69) is 36.5 Å². The summed E-state index contributed by atoms with van der Waals surface area (Å²) in [4.78, 5) is 26.0. The van der Waals surface area contributed by atoms with E-state index in [0.29, 0.717) is 16.2 Å². The van der Waals surface area contributed by atoms with Gasteiger partial charge in [0.15, 0.2) is 5.82 Å². The van der Waals surface area contributed by atoms with Crippen LogP contribution in [0.5, 0.6) is 0 Å². The Hall–Kier alpha value is -2.24. The molecule has 0 aliphatic carbocycles. The molecule has 0 bridgehead atoms. The summed E-state index contributed by atoms with van der Waals surface area (Å²) < 4.78 is 17.6. The number of hydrogen-bond donors (Lipinski definition) is 3. The topological polar surface area (TPSA) is 103 Å². The standard InChI is InChI=1S/C17H16BrClFN5O3/c1-25-8-22-16-13(25)7-10(17(26)24-28-5-4-27-21)15(14(16)20)23-12-3-2-9(18)6-11(12)19/h2-3,6-8,23H,4-5,21H2,1H3,(H,24,26). The summed E-state index contributed by atoms with van der Waals surface area (Å²) in [7, 11) is 1.70. The number of fused-ring (bicyclic) bond motifs is 1. The molecule has 0 aliphatic rings. The van der Waals surface area contributed by atoms with Gasteiger partial charge >= 0.3 is 0 Å². The number of hydrogen-bond acceptors (Lipinski definition) is 6. The van der Waals surface area contributed by atoms with Crippen LogP contribution in [-0.2, 0) is 16.7 Å². The first-order valence-corrected chi connectivity index (χ1v) is 9.19. The molecule has 0 radical (unpaired) electrons. The number of anilines is 2. The van der Waals surface area contributed by atoms with Crippen molar-refractivity contribution >= 4 is 55.8 Å². The molecule has 0 aliphatic heterocycles. The third-order valence-electron chi connectivity index (χ3n) is 3.86. The molecule has 1 heterocycles. The average molecular weight is 473 g/mol. The van der Waals surface area contributed by atoms with E-state index in [1.54, 1.807) is 29.8 Å². The van der Waals surface area contributed by atoms with Gasteiger partial charge in [-0.15, -0.1) is 0 Å². The number of hydroxylamine groups is 1. The quantitative estimate of drug-likeness (QED) is 0.360. The summed E-state index contributed by atoms with van der Waals surface area (Å²) in [5.74, 6) is 3.56. The van der Waals surface area contributed by atoms with E-state index in [-0.39, 0.29) is 30.0 Å². The van der Waals surface area contributed by atoms with Crippen molar-refractivity contribution in [2.24, 2.45) is 12.9 Å². The predicted octanol–water partition coefficient (Wildman–Crippen LogP) is 3.42. The van der Waals surface area contributed by atoms with Gasteiger partial charge in [0.1, 0.15) is 12.1 Å². The highest BCUT2D eigenvalue weighted by molar-refractivity contribution is 9.10. The molecule has 148 valence electrons. The molecule has 3 rings (SSSR count). The number of halogens is 3. The molecule has 2 aromatic carbocycles. The molecule has 0 saturated carbocycles. The Morgan fingerprint density at radius 3 is 2.89 bits per heavy atom. The molecule has 0 unspecified atom stereocenters. The molecule has 0 saturated heterocycles. The monoisotopic (exact) mass is 471 g/mol. The molecule has 0 fully saturated rings. The summed E-state index contributed by atoms with van der Waals surface area (Å²) in [5.41, 5.74) is 3.16. The van der Waals surface area contributed by atoms with Crippen LogP contribution in [0.2, 0.25) is 5.02 Å². The number of aromatic nitrogens is 2. The van der Waals surface area contributed by atoms with Gasteiger partial charge in [0.25, 0.3) is 5.91 Å². The molecule has 1 aromatic heterocycles. The second-order valence-electron chi connectivity index (χ2n) is 5.74. The van der Waals surface area contributed by atoms with E-state index in [9.17, 15) is 4.79 Å². The van der Waals surface area contributed by atoms with Gasteiger partial charge in [-0.1, -0.05) is 27.5 Å². The molecule has 4 N–H and O–H groups in total. The normalized spacial score (nSPS) is 11.0. The Morgan fingerprint density at radius 1 is 1.39 bits per heavy atom. The van der Waals surface area contributed by atoms with Crippen molar-refractivity contribution in [3.05, 3.63) is 51.5 Å². The number of benzene rings is 2. The minimum Gasteiger partial charge on any atom is -0.351 e. The van der Waals surface area contributed by atoms with Gasteiger partial charge in [-0.05, 0) is 24.3 Å². The highest BCUT2D eigenvalue weighted by Gasteiger charge is 2.22. The first-order chi connectivity index (χ1) is 13.4. The van der Waals surface area contributed by atoms with Crippen LogP contribution in [0.25, 0.3) is 11.0 Å². The van der Waals surface area contributed by atoms with Crippen LogP contribution in [0.15, 0.2) is 35.1 Å². The lowest BCUT2D eigenvalue weighted by Gasteiger charge is -2.15. The van der Waals surface area contributed by atoms with E-state index >= 15 is 4.39 Å². The molecule has 3 aromatic rings. The number of rotatable bonds is 7. The number of nitrogens with one attached hydrogen (secondary N) is 2. The number of nitrogens with zero attached hydrogens (tertiary/aromatic N) is 2. The van der Waals surface area contributed by atoms with Crippen LogP contribution < -0.4 is 16.7 Å². The molecule has 0 spiro atoms. The molecule has 11 heteroatoms. The van der Waals surface area contributed by atoms with Crippen LogP contribution in [0.1, 0.15) is 10.4 Å². The Kier molecular flexibility index (Phi) is 6.47. The van der Waals surface area contributed by atoms with Crippen molar-refractivity contribution in [1.82, 2.24) is 15.0 Å². The second-order valence-corrected chi connectivity index (χ2v) is 7.06. The summed E-state index contributed by atoms with van der Waals surface area (Å²) in [6, 6.07) is 6.56. The maximum atomic E-state index is 15.2. The Balaban J connectivity index is 2.03. The molecule has 8 nitrogen and oxygen atoms in total. The number of amides is 1. The Morgan fingerprint density at radius 2 is 2.18 bits per heavy atom. The first-order valence-electron chi connectivity index (χ1n) is 8.01. The smallest absolute Gasteiger partial charge is 0.277 e. The molecular weight excluding hydrogens is 457 g/mol. The summed E-state index contributed by atoms with van der Waals surface area (Å²) in [5, 5.41) is 3.23. The molecule has 28 heavy (non-hydrogen) atoms. The van der Waals surface area contributed by atoms with E-state index in [1.165, 1.54) is 12.4 Å². The second kappa shape index (κ2) is 8.84.